The number of non-ortho nitro benzene ring substituents is 1. The molecule has 0 spiro atoms. The fraction of sp³-hybridized carbons (Fsp3) is 0.0500. The maximum Gasteiger partial charge on any atom is 0.271 e. The number of nitrogens with zero attached hydrogens (tertiary/aromatic N) is 1. The molecule has 0 aromatic heterocycles. The molecule has 0 unspecified atom stereocenters. The third-order valence-corrected chi connectivity index (χ3v) is 3.99. The normalized spacial score (nSPS) is 10.3. The Morgan fingerprint density at radius 2 is 1.63 bits per heavy atom. The van der Waals surface area contributed by atoms with Crippen LogP contribution in [-0.4, -0.2) is 11.2 Å². The van der Waals surface area contributed by atoms with Crippen LogP contribution in [0, 0.1) is 10.1 Å². The number of nitro benzene ring substituents is 1. The van der Waals surface area contributed by atoms with Gasteiger partial charge in [-0.25, -0.2) is 0 Å². The third-order valence-electron chi connectivity index (χ3n) is 3.70. The van der Waals surface area contributed by atoms with Crippen molar-refractivity contribution in [2.45, 2.75) is 6.61 Å². The Morgan fingerprint density at radius 1 is 0.963 bits per heavy atom. The Balaban J connectivity index is 1.61. The van der Waals surface area contributed by atoms with Crippen LogP contribution < -0.4 is 9.47 Å². The number of carbonyl (C=O) groups excluding carboxylic acids is 1. The van der Waals surface area contributed by atoms with E-state index in [4.69, 9.17) is 21.1 Å². The van der Waals surface area contributed by atoms with Gasteiger partial charge in [0.25, 0.3) is 5.69 Å². The van der Waals surface area contributed by atoms with E-state index in [0.29, 0.717) is 29.4 Å². The van der Waals surface area contributed by atoms with Crippen LogP contribution in [0.25, 0.3) is 0 Å². The molecule has 0 fully saturated rings. The second kappa shape index (κ2) is 8.33. The van der Waals surface area contributed by atoms with Gasteiger partial charge in [-0.05, 0) is 48.0 Å². The standard InChI is InChI=1S/C20H14ClNO5/c21-19-11-16(22(24)25)5-10-20(19)27-18-8-3-15(4-9-18)13-26-17-6-1-14(12-23)2-7-17/h1-12H,13H2. The highest BCUT2D eigenvalue weighted by Crippen LogP contribution is 2.32. The van der Waals surface area contributed by atoms with Crippen molar-refractivity contribution >= 4 is 23.6 Å². The van der Waals surface area contributed by atoms with E-state index in [1.165, 1.54) is 18.2 Å². The minimum atomic E-state index is -0.517. The fourth-order valence-electron chi connectivity index (χ4n) is 2.28. The maximum absolute atomic E-state index is 10.7. The van der Waals surface area contributed by atoms with Gasteiger partial charge < -0.3 is 9.47 Å². The van der Waals surface area contributed by atoms with Crippen molar-refractivity contribution in [1.29, 1.82) is 0 Å². The first-order valence-electron chi connectivity index (χ1n) is 7.94. The Bertz CT molecular complexity index is 955. The highest BCUT2D eigenvalue weighted by molar-refractivity contribution is 6.32. The molecule has 3 aromatic carbocycles. The highest BCUT2D eigenvalue weighted by Gasteiger charge is 2.11. The topological polar surface area (TPSA) is 78.7 Å². The summed E-state index contributed by atoms with van der Waals surface area (Å²) in [5.41, 5.74) is 1.42. The van der Waals surface area contributed by atoms with Crippen LogP contribution in [0.2, 0.25) is 5.02 Å². The van der Waals surface area contributed by atoms with Crippen molar-refractivity contribution in [2.75, 3.05) is 0 Å². The summed E-state index contributed by atoms with van der Waals surface area (Å²) < 4.78 is 11.3. The van der Waals surface area contributed by atoms with Crippen molar-refractivity contribution in [3.8, 4) is 17.2 Å². The molecule has 0 bridgehead atoms. The smallest absolute Gasteiger partial charge is 0.271 e. The molecule has 0 atom stereocenters. The lowest BCUT2D eigenvalue weighted by molar-refractivity contribution is -0.384. The largest absolute Gasteiger partial charge is 0.489 e. The maximum atomic E-state index is 10.7. The van der Waals surface area contributed by atoms with Gasteiger partial charge in [0, 0.05) is 17.7 Å². The summed E-state index contributed by atoms with van der Waals surface area (Å²) in [7, 11) is 0. The average molecular weight is 384 g/mol. The van der Waals surface area contributed by atoms with E-state index in [-0.39, 0.29) is 10.7 Å². The van der Waals surface area contributed by atoms with Crippen LogP contribution in [0.3, 0.4) is 0 Å². The van der Waals surface area contributed by atoms with Gasteiger partial charge in [-0.3, -0.25) is 14.9 Å². The van der Waals surface area contributed by atoms with E-state index >= 15 is 0 Å². The SMILES string of the molecule is O=Cc1ccc(OCc2ccc(Oc3ccc([N+](=O)[O-])cc3Cl)cc2)cc1. The number of hydrogen-bond donors (Lipinski definition) is 0. The predicted octanol–water partition coefficient (Wildman–Crippen LogP) is 5.43. The Kier molecular flexibility index (Phi) is 5.68. The lowest BCUT2D eigenvalue weighted by Crippen LogP contribution is -1.95. The number of carbonyl (C=O) groups is 1. The molecule has 0 aliphatic rings. The summed E-state index contributed by atoms with van der Waals surface area (Å²) in [6.45, 7) is 0.360. The molecule has 6 nitrogen and oxygen atoms in total. The molecule has 0 aliphatic carbocycles. The Hall–Kier alpha value is -3.38. The van der Waals surface area contributed by atoms with Crippen LogP contribution in [0.5, 0.6) is 17.2 Å². The van der Waals surface area contributed by atoms with Gasteiger partial charge in [0.1, 0.15) is 30.1 Å². The molecule has 0 saturated carbocycles. The number of aldehydes is 1. The van der Waals surface area contributed by atoms with Gasteiger partial charge >= 0.3 is 0 Å². The van der Waals surface area contributed by atoms with Gasteiger partial charge in [0.2, 0.25) is 0 Å². The van der Waals surface area contributed by atoms with Crippen LogP contribution >= 0.6 is 11.6 Å². The second-order valence-corrected chi connectivity index (χ2v) is 6.00. The number of benzene rings is 3. The quantitative estimate of drug-likeness (QED) is 0.308. The van der Waals surface area contributed by atoms with Crippen LogP contribution in [0.1, 0.15) is 15.9 Å². The van der Waals surface area contributed by atoms with E-state index < -0.39 is 4.92 Å². The lowest BCUT2D eigenvalue weighted by atomic mass is 10.2. The van der Waals surface area contributed by atoms with E-state index in [0.717, 1.165) is 11.8 Å². The fourth-order valence-corrected chi connectivity index (χ4v) is 2.49. The molecule has 7 heteroatoms. The molecule has 3 rings (SSSR count). The van der Waals surface area contributed by atoms with Gasteiger partial charge in [0.05, 0.1) is 9.95 Å². The van der Waals surface area contributed by atoms with Crippen molar-refractivity contribution < 1.29 is 19.2 Å². The Morgan fingerprint density at radius 3 is 2.22 bits per heavy atom. The monoisotopic (exact) mass is 383 g/mol. The van der Waals surface area contributed by atoms with Crippen molar-refractivity contribution in [1.82, 2.24) is 0 Å². The molecule has 3 aromatic rings. The van der Waals surface area contributed by atoms with Crippen molar-refractivity contribution in [3.05, 3.63) is 93.0 Å². The minimum Gasteiger partial charge on any atom is -0.489 e. The van der Waals surface area contributed by atoms with E-state index in [1.807, 2.05) is 12.1 Å². The first-order valence-corrected chi connectivity index (χ1v) is 8.32. The summed E-state index contributed by atoms with van der Waals surface area (Å²) in [5, 5.41) is 10.9. The van der Waals surface area contributed by atoms with Gasteiger partial charge in [0.15, 0.2) is 0 Å². The summed E-state index contributed by atoms with van der Waals surface area (Å²) >= 11 is 6.02. The number of ether oxygens (including phenoxy) is 2. The number of rotatable bonds is 7. The zero-order valence-corrected chi connectivity index (χ0v) is 14.8. The van der Waals surface area contributed by atoms with E-state index in [2.05, 4.69) is 0 Å². The molecular formula is C20H14ClNO5. The molecule has 0 amide bonds. The molecule has 136 valence electrons. The van der Waals surface area contributed by atoms with E-state index in [1.54, 1.807) is 36.4 Å². The Labute approximate surface area is 160 Å². The van der Waals surface area contributed by atoms with Crippen LogP contribution in [0.4, 0.5) is 5.69 Å². The molecule has 0 aliphatic heterocycles. The second-order valence-electron chi connectivity index (χ2n) is 5.59. The molecular weight excluding hydrogens is 370 g/mol. The number of halogens is 1. The van der Waals surface area contributed by atoms with Gasteiger partial charge in [-0.1, -0.05) is 23.7 Å². The van der Waals surface area contributed by atoms with Crippen LogP contribution in [0.15, 0.2) is 66.7 Å². The highest BCUT2D eigenvalue weighted by atomic mass is 35.5. The van der Waals surface area contributed by atoms with Gasteiger partial charge in [-0.15, -0.1) is 0 Å². The van der Waals surface area contributed by atoms with Crippen molar-refractivity contribution in [2.24, 2.45) is 0 Å². The summed E-state index contributed by atoms with van der Waals surface area (Å²) in [6, 6.07) is 18.1. The predicted molar refractivity (Wildman–Crippen MR) is 101 cm³/mol. The van der Waals surface area contributed by atoms with E-state index in [9.17, 15) is 14.9 Å². The third kappa shape index (κ3) is 4.83. The first-order chi connectivity index (χ1) is 13.0. The summed E-state index contributed by atoms with van der Waals surface area (Å²) in [6.07, 6.45) is 0.777. The zero-order chi connectivity index (χ0) is 19.2. The minimum absolute atomic E-state index is 0.0963. The first kappa shape index (κ1) is 18.4. The lowest BCUT2D eigenvalue weighted by Gasteiger charge is -2.09. The molecule has 0 radical (unpaired) electrons. The number of nitro groups is 1. The van der Waals surface area contributed by atoms with Crippen molar-refractivity contribution in [3.63, 3.8) is 0 Å². The van der Waals surface area contributed by atoms with Gasteiger partial charge in [-0.2, -0.15) is 0 Å². The number of hydrogen-bond acceptors (Lipinski definition) is 5. The molecule has 27 heavy (non-hydrogen) atoms. The summed E-state index contributed by atoms with van der Waals surface area (Å²) in [5.74, 6) is 1.55. The molecule has 0 N–H and O–H groups in total. The molecule has 0 heterocycles. The summed E-state index contributed by atoms with van der Waals surface area (Å²) in [4.78, 5) is 20.9. The zero-order valence-electron chi connectivity index (χ0n) is 14.0. The average Bonchev–Trinajstić information content (AvgIpc) is 2.69. The van der Waals surface area contributed by atoms with Crippen LogP contribution in [-0.2, 0) is 6.61 Å². The molecule has 0 saturated heterocycles.